The number of benzene rings is 2. The van der Waals surface area contributed by atoms with Crippen molar-refractivity contribution >= 4 is 28.0 Å². The Balaban J connectivity index is 1.91. The minimum atomic E-state index is -3.15. The van der Waals surface area contributed by atoms with E-state index in [1.165, 1.54) is 6.07 Å². The van der Waals surface area contributed by atoms with Gasteiger partial charge in [-0.15, -0.1) is 0 Å². The summed E-state index contributed by atoms with van der Waals surface area (Å²) in [4.78, 5) is 10.1. The molecule has 3 rings (SSSR count). The summed E-state index contributed by atoms with van der Waals surface area (Å²) in [5, 5.41) is 21.4. The Kier molecular flexibility index (Phi) is 3.75. The lowest BCUT2D eigenvalue weighted by Crippen LogP contribution is -2.05. The minimum Gasteiger partial charge on any atom is -0.427 e. The average molecular weight is 320 g/mol. The van der Waals surface area contributed by atoms with Crippen molar-refractivity contribution in [2.75, 3.05) is 5.32 Å². The largest absolute Gasteiger partial charge is 0.427 e. The van der Waals surface area contributed by atoms with Gasteiger partial charge in [0.25, 0.3) is 0 Å². The molecule has 0 fully saturated rings. The zero-order chi connectivity index (χ0) is 16.4. The third-order valence-electron chi connectivity index (χ3n) is 3.10. The second kappa shape index (κ2) is 5.87. The Hall–Kier alpha value is -3.23. The second-order valence-corrected chi connectivity index (χ2v) is 4.62. The van der Waals surface area contributed by atoms with E-state index in [1.807, 2.05) is 0 Å². The summed E-state index contributed by atoms with van der Waals surface area (Å²) in [7, 11) is 0. The van der Waals surface area contributed by atoms with E-state index < -0.39 is 23.0 Å². The van der Waals surface area contributed by atoms with E-state index in [-0.39, 0.29) is 0 Å². The maximum atomic E-state index is 12.4. The van der Waals surface area contributed by atoms with Crippen molar-refractivity contribution in [2.24, 2.45) is 0 Å². The summed E-state index contributed by atoms with van der Waals surface area (Å²) in [6.45, 7) is -3.15. The Labute approximate surface area is 128 Å². The molecule has 2 aromatic carbocycles. The quantitative estimate of drug-likeness (QED) is 0.550. The lowest BCUT2D eigenvalue weighted by atomic mass is 10.2. The number of alkyl halides is 2. The number of fused-ring (bicyclic) bond motifs is 1. The SMILES string of the molecule is O=[N+]([O-])c1ccc(Nc2ccc3[nH]ncc3c2)cc1OC(F)F. The van der Waals surface area contributed by atoms with Gasteiger partial charge in [-0.05, 0) is 24.3 Å². The van der Waals surface area contributed by atoms with E-state index in [4.69, 9.17) is 0 Å². The second-order valence-electron chi connectivity index (χ2n) is 4.62. The number of nitro benzene ring substituents is 1. The topological polar surface area (TPSA) is 93.1 Å². The summed E-state index contributed by atoms with van der Waals surface area (Å²) < 4.78 is 29.0. The van der Waals surface area contributed by atoms with Crippen molar-refractivity contribution in [1.29, 1.82) is 0 Å². The first-order valence-corrected chi connectivity index (χ1v) is 6.46. The highest BCUT2D eigenvalue weighted by atomic mass is 19.3. The predicted octanol–water partition coefficient (Wildman–Crippen LogP) is 3.82. The van der Waals surface area contributed by atoms with Gasteiger partial charge in [0.2, 0.25) is 5.75 Å². The van der Waals surface area contributed by atoms with E-state index in [9.17, 15) is 18.9 Å². The predicted molar refractivity (Wildman–Crippen MR) is 79.1 cm³/mol. The fourth-order valence-corrected chi connectivity index (χ4v) is 2.12. The molecule has 0 amide bonds. The van der Waals surface area contributed by atoms with Crippen LogP contribution in [0.1, 0.15) is 0 Å². The number of hydrogen-bond acceptors (Lipinski definition) is 5. The van der Waals surface area contributed by atoms with Crippen LogP contribution in [0.4, 0.5) is 25.8 Å². The number of rotatable bonds is 5. The molecule has 0 aliphatic rings. The van der Waals surface area contributed by atoms with Crippen LogP contribution in [0, 0.1) is 10.1 Å². The van der Waals surface area contributed by atoms with E-state index in [2.05, 4.69) is 20.3 Å². The normalized spacial score (nSPS) is 10.9. The molecule has 9 heteroatoms. The van der Waals surface area contributed by atoms with Gasteiger partial charge in [0, 0.05) is 28.9 Å². The third kappa shape index (κ3) is 3.18. The Bertz CT molecular complexity index is 866. The van der Waals surface area contributed by atoms with Gasteiger partial charge in [-0.1, -0.05) is 0 Å². The molecule has 0 bridgehead atoms. The number of aromatic amines is 1. The Morgan fingerprint density at radius 3 is 2.70 bits per heavy atom. The van der Waals surface area contributed by atoms with Gasteiger partial charge in [0.1, 0.15) is 0 Å². The van der Waals surface area contributed by atoms with Crippen LogP contribution >= 0.6 is 0 Å². The standard InChI is InChI=1S/C14H10F2N4O3/c15-14(16)23-13-6-10(2-4-12(13)20(21)22)18-9-1-3-11-8(5-9)7-17-19-11/h1-7,14,18H,(H,17,19). The summed E-state index contributed by atoms with van der Waals surface area (Å²) in [6.07, 6.45) is 1.64. The number of nitrogens with zero attached hydrogens (tertiary/aromatic N) is 2. The minimum absolute atomic E-state index is 0.383. The van der Waals surface area contributed by atoms with E-state index in [1.54, 1.807) is 24.4 Å². The van der Waals surface area contributed by atoms with Gasteiger partial charge in [0.05, 0.1) is 16.6 Å². The number of nitrogens with one attached hydrogen (secondary N) is 2. The van der Waals surface area contributed by atoms with Gasteiger partial charge in [0.15, 0.2) is 0 Å². The maximum absolute atomic E-state index is 12.4. The summed E-state index contributed by atoms with van der Waals surface area (Å²) in [5.74, 6) is -0.501. The van der Waals surface area contributed by atoms with Crippen LogP contribution in [0.3, 0.4) is 0 Å². The van der Waals surface area contributed by atoms with Gasteiger partial charge in [-0.2, -0.15) is 13.9 Å². The van der Waals surface area contributed by atoms with Crippen molar-refractivity contribution < 1.29 is 18.4 Å². The number of nitro groups is 1. The molecule has 0 spiro atoms. The maximum Gasteiger partial charge on any atom is 0.387 e. The fourth-order valence-electron chi connectivity index (χ4n) is 2.12. The molecule has 23 heavy (non-hydrogen) atoms. The molecule has 1 heterocycles. The van der Waals surface area contributed by atoms with E-state index >= 15 is 0 Å². The monoisotopic (exact) mass is 320 g/mol. The summed E-state index contributed by atoms with van der Waals surface area (Å²) in [5.41, 5.74) is 1.38. The Morgan fingerprint density at radius 2 is 1.96 bits per heavy atom. The number of hydrogen-bond donors (Lipinski definition) is 2. The highest BCUT2D eigenvalue weighted by Gasteiger charge is 2.19. The van der Waals surface area contributed by atoms with Crippen molar-refractivity contribution in [3.8, 4) is 5.75 Å². The highest BCUT2D eigenvalue weighted by Crippen LogP contribution is 2.32. The van der Waals surface area contributed by atoms with Crippen molar-refractivity contribution in [1.82, 2.24) is 10.2 Å². The first-order valence-electron chi connectivity index (χ1n) is 6.46. The molecule has 0 atom stereocenters. The van der Waals surface area contributed by atoms with Crippen molar-refractivity contribution in [2.45, 2.75) is 6.61 Å². The summed E-state index contributed by atoms with van der Waals surface area (Å²) in [6, 6.07) is 9.03. The molecule has 2 N–H and O–H groups in total. The van der Waals surface area contributed by atoms with Crippen LogP contribution < -0.4 is 10.1 Å². The van der Waals surface area contributed by atoms with Crippen molar-refractivity contribution in [3.05, 3.63) is 52.7 Å². The molecule has 0 aliphatic heterocycles. The molecule has 0 aliphatic carbocycles. The molecule has 0 unspecified atom stereocenters. The lowest BCUT2D eigenvalue weighted by Gasteiger charge is -2.10. The van der Waals surface area contributed by atoms with Crippen LogP contribution in [0.5, 0.6) is 5.75 Å². The fraction of sp³-hybridized carbons (Fsp3) is 0.0714. The van der Waals surface area contributed by atoms with Crippen LogP contribution in [0.15, 0.2) is 42.6 Å². The zero-order valence-electron chi connectivity index (χ0n) is 11.5. The molecule has 0 saturated heterocycles. The lowest BCUT2D eigenvalue weighted by molar-refractivity contribution is -0.386. The molecule has 3 aromatic rings. The molecule has 7 nitrogen and oxygen atoms in total. The van der Waals surface area contributed by atoms with Crippen LogP contribution in [0.2, 0.25) is 0 Å². The molecule has 0 saturated carbocycles. The molecule has 1 aromatic heterocycles. The average Bonchev–Trinajstić information content (AvgIpc) is 2.94. The number of H-pyrrole nitrogens is 1. The number of ether oxygens (including phenoxy) is 1. The van der Waals surface area contributed by atoms with Crippen LogP contribution in [-0.2, 0) is 0 Å². The van der Waals surface area contributed by atoms with E-state index in [0.29, 0.717) is 11.4 Å². The van der Waals surface area contributed by atoms with Gasteiger partial charge in [-0.3, -0.25) is 15.2 Å². The summed E-state index contributed by atoms with van der Waals surface area (Å²) >= 11 is 0. The third-order valence-corrected chi connectivity index (χ3v) is 3.10. The van der Waals surface area contributed by atoms with Crippen molar-refractivity contribution in [3.63, 3.8) is 0 Å². The molecule has 118 valence electrons. The smallest absolute Gasteiger partial charge is 0.387 e. The molecule has 0 radical (unpaired) electrons. The van der Waals surface area contributed by atoms with Crippen LogP contribution in [0.25, 0.3) is 10.9 Å². The van der Waals surface area contributed by atoms with Crippen LogP contribution in [-0.4, -0.2) is 21.7 Å². The van der Waals surface area contributed by atoms with Gasteiger partial charge >= 0.3 is 12.3 Å². The number of halogens is 2. The van der Waals surface area contributed by atoms with Gasteiger partial charge < -0.3 is 10.1 Å². The Morgan fingerprint density at radius 1 is 1.22 bits per heavy atom. The van der Waals surface area contributed by atoms with E-state index in [0.717, 1.165) is 23.0 Å². The number of anilines is 2. The first kappa shape index (κ1) is 14.7. The zero-order valence-corrected chi connectivity index (χ0v) is 11.5. The molecular formula is C14H10F2N4O3. The van der Waals surface area contributed by atoms with Gasteiger partial charge in [-0.25, -0.2) is 0 Å². The number of aromatic nitrogens is 2. The first-order chi connectivity index (χ1) is 11.0. The molecular weight excluding hydrogens is 310 g/mol. The highest BCUT2D eigenvalue weighted by molar-refractivity contribution is 5.83.